The number of hydrogen-bond donors (Lipinski definition) is 1. The van der Waals surface area contributed by atoms with E-state index in [1.54, 1.807) is 0 Å². The molecule has 17 heteroatoms. The Kier molecular flexibility index (Phi) is 20.0. The molecule has 0 amide bonds. The Bertz CT molecular complexity index is 1540. The zero-order chi connectivity index (χ0) is 39.9. The minimum atomic E-state index is -1.51. The third-order valence-corrected chi connectivity index (χ3v) is 7.08. The van der Waals surface area contributed by atoms with E-state index in [0.717, 1.165) is 30.4 Å². The average molecular weight is 761 g/mol. The van der Waals surface area contributed by atoms with Crippen LogP contribution in [0.1, 0.15) is 76.8 Å². The molecular formula is C37H44O17. The Balaban J connectivity index is 0.000000320. The van der Waals surface area contributed by atoms with Gasteiger partial charge in [0, 0.05) is 19.3 Å². The second kappa shape index (κ2) is 24.4. The van der Waals surface area contributed by atoms with Gasteiger partial charge in [-0.15, -0.1) is 0 Å². The Hall–Kier alpha value is -5.84. The molecule has 2 saturated heterocycles. The number of rotatable bonds is 17. The van der Waals surface area contributed by atoms with E-state index in [9.17, 15) is 43.5 Å². The zero-order valence-corrected chi connectivity index (χ0v) is 30.1. The third-order valence-electron chi connectivity index (χ3n) is 7.08. The fourth-order valence-electron chi connectivity index (χ4n) is 4.08. The van der Waals surface area contributed by atoms with Gasteiger partial charge >= 0.3 is 48.1 Å². The van der Waals surface area contributed by atoms with Gasteiger partial charge in [0.15, 0.2) is 18.3 Å². The maximum absolute atomic E-state index is 11.8. The van der Waals surface area contributed by atoms with E-state index in [4.69, 9.17) is 18.9 Å². The van der Waals surface area contributed by atoms with Gasteiger partial charge in [-0.05, 0) is 37.8 Å². The predicted octanol–water partition coefficient (Wildman–Crippen LogP) is 4.18. The second-order valence-corrected chi connectivity index (χ2v) is 11.5. The van der Waals surface area contributed by atoms with Gasteiger partial charge in [-0.2, -0.15) is 0 Å². The molecule has 4 rings (SSSR count). The van der Waals surface area contributed by atoms with E-state index >= 15 is 0 Å². The summed E-state index contributed by atoms with van der Waals surface area (Å²) < 4.78 is 36.9. The monoisotopic (exact) mass is 760 g/mol. The molecule has 0 spiro atoms. The molecule has 2 fully saturated rings. The van der Waals surface area contributed by atoms with E-state index in [0.29, 0.717) is 0 Å². The number of esters is 6. The predicted molar refractivity (Wildman–Crippen MR) is 181 cm³/mol. The lowest BCUT2D eigenvalue weighted by atomic mass is 10.2. The fourth-order valence-corrected chi connectivity index (χ4v) is 4.08. The van der Waals surface area contributed by atoms with E-state index in [2.05, 4.69) is 18.9 Å². The quantitative estimate of drug-likeness (QED) is 0.103. The number of unbranched alkanes of at least 4 members (excludes halogenated alkanes) is 2. The molecule has 0 bridgehead atoms. The van der Waals surface area contributed by atoms with Crippen molar-refractivity contribution >= 4 is 48.1 Å². The van der Waals surface area contributed by atoms with Crippen molar-refractivity contribution < 1.29 is 81.4 Å². The summed E-state index contributed by atoms with van der Waals surface area (Å²) in [5, 5.41) is 9.79. The molecule has 2 aliphatic heterocycles. The lowest BCUT2D eigenvalue weighted by Crippen LogP contribution is -2.32. The minimum Gasteiger partial charge on any atom is -0.463 e. The molecule has 4 atom stereocenters. The molecule has 2 aromatic rings. The van der Waals surface area contributed by atoms with E-state index in [-0.39, 0.29) is 45.5 Å². The number of cyclic esters (lactones) is 6. The highest BCUT2D eigenvalue weighted by Crippen LogP contribution is 2.14. The van der Waals surface area contributed by atoms with Crippen LogP contribution in [0.15, 0.2) is 60.7 Å². The van der Waals surface area contributed by atoms with E-state index < -0.39 is 72.5 Å². The van der Waals surface area contributed by atoms with Crippen molar-refractivity contribution in [3.8, 4) is 0 Å². The smallest absolute Gasteiger partial charge is 0.463 e. The summed E-state index contributed by atoms with van der Waals surface area (Å²) in [5.41, 5.74) is 1.72. The van der Waals surface area contributed by atoms with Crippen molar-refractivity contribution in [3.05, 3.63) is 71.8 Å². The van der Waals surface area contributed by atoms with Gasteiger partial charge in [-0.1, -0.05) is 80.4 Å². The Morgan fingerprint density at radius 2 is 1.26 bits per heavy atom. The molecule has 0 radical (unpaired) electrons. The summed E-state index contributed by atoms with van der Waals surface area (Å²) in [6.45, 7) is 5.43. The topological polar surface area (TPSA) is 231 Å². The molecule has 17 nitrogen and oxygen atoms in total. The first-order valence-corrected chi connectivity index (χ1v) is 17.1. The molecule has 1 N–H and O–H groups in total. The first kappa shape index (κ1) is 44.3. The first-order chi connectivity index (χ1) is 25.8. The number of hydrogen-bond acceptors (Lipinski definition) is 17. The first-order valence-electron chi connectivity index (χ1n) is 17.1. The van der Waals surface area contributed by atoms with Gasteiger partial charge in [-0.25, -0.2) is 28.8 Å². The van der Waals surface area contributed by atoms with Gasteiger partial charge in [-0.3, -0.25) is 9.59 Å². The molecule has 2 aromatic carbocycles. The van der Waals surface area contributed by atoms with E-state index in [1.165, 1.54) is 13.8 Å². The molecule has 0 aromatic heterocycles. The van der Waals surface area contributed by atoms with Gasteiger partial charge in [0.2, 0.25) is 6.10 Å². The highest BCUT2D eigenvalue weighted by atomic mass is 16.8. The van der Waals surface area contributed by atoms with Gasteiger partial charge in [0.1, 0.15) is 13.2 Å². The third kappa shape index (κ3) is 18.1. The van der Waals surface area contributed by atoms with Crippen LogP contribution >= 0.6 is 0 Å². The summed E-state index contributed by atoms with van der Waals surface area (Å²) in [5.74, 6) is -4.00. The summed E-state index contributed by atoms with van der Waals surface area (Å²) in [6.07, 6.45) is -3.81. The van der Waals surface area contributed by atoms with Crippen LogP contribution in [0.3, 0.4) is 0 Å². The SMILES string of the molecule is CC1OC(=O)OC1=O.CCCCCOC(=O)C(C)OC(=O)C(O)CCC(=O)OCc1ccccc1.O=C(CCC1OC(=O)OC1=O)OCc1ccccc1. The fraction of sp³-hybridized carbons (Fsp3) is 0.459. The van der Waals surface area contributed by atoms with E-state index in [1.807, 2.05) is 67.6 Å². The summed E-state index contributed by atoms with van der Waals surface area (Å²) >= 11 is 0. The summed E-state index contributed by atoms with van der Waals surface area (Å²) in [7, 11) is 0. The van der Waals surface area contributed by atoms with Crippen molar-refractivity contribution in [2.24, 2.45) is 0 Å². The highest BCUT2D eigenvalue weighted by molar-refractivity contribution is 5.91. The van der Waals surface area contributed by atoms with Crippen LogP contribution in [-0.4, -0.2) is 84.3 Å². The molecule has 0 aliphatic carbocycles. The molecular weight excluding hydrogens is 716 g/mol. The van der Waals surface area contributed by atoms with Gasteiger partial charge in [0.05, 0.1) is 6.61 Å². The number of carbonyl (C=O) groups excluding carboxylic acids is 8. The summed E-state index contributed by atoms with van der Waals surface area (Å²) in [4.78, 5) is 88.5. The summed E-state index contributed by atoms with van der Waals surface area (Å²) in [6, 6.07) is 18.4. The van der Waals surface area contributed by atoms with Crippen molar-refractivity contribution in [3.63, 3.8) is 0 Å². The van der Waals surface area contributed by atoms with Gasteiger partial charge in [0.25, 0.3) is 0 Å². The standard InChI is InChI=1S/C20H28O7.C13H12O6.C4H4O4/c1-3-4-8-13-25-19(23)15(2)27-20(24)17(21)11-12-18(22)26-14-16-9-6-5-7-10-16;14-11(17-8-9-4-2-1-3-5-9)7-6-10-12(15)19-13(16)18-10;1-2-3(5)8-4(6)7-2/h5-7,9-10,15,17,21H,3-4,8,11-14H2,1-2H3;1-5,10H,6-8H2;2H,1H3. The van der Waals surface area contributed by atoms with Crippen LogP contribution in [-0.2, 0) is 79.9 Å². The van der Waals surface area contributed by atoms with Crippen LogP contribution < -0.4 is 0 Å². The maximum Gasteiger partial charge on any atom is 0.517 e. The lowest BCUT2D eigenvalue weighted by Gasteiger charge is -2.15. The lowest BCUT2D eigenvalue weighted by molar-refractivity contribution is -0.172. The zero-order valence-electron chi connectivity index (χ0n) is 30.1. The largest absolute Gasteiger partial charge is 0.517 e. The Morgan fingerprint density at radius 1 is 0.722 bits per heavy atom. The van der Waals surface area contributed by atoms with Crippen LogP contribution in [0.4, 0.5) is 9.59 Å². The Morgan fingerprint density at radius 3 is 1.72 bits per heavy atom. The normalized spacial score (nSPS) is 16.7. The van der Waals surface area contributed by atoms with Crippen molar-refractivity contribution in [1.29, 1.82) is 0 Å². The van der Waals surface area contributed by atoms with Crippen molar-refractivity contribution in [1.82, 2.24) is 0 Å². The number of aliphatic hydroxyl groups excluding tert-OH is 1. The van der Waals surface area contributed by atoms with Crippen LogP contribution in [0.2, 0.25) is 0 Å². The maximum atomic E-state index is 11.8. The molecule has 2 heterocycles. The number of ether oxygens (including phenoxy) is 8. The van der Waals surface area contributed by atoms with Crippen molar-refractivity contribution in [2.45, 2.75) is 103 Å². The highest BCUT2D eigenvalue weighted by Gasteiger charge is 2.35. The van der Waals surface area contributed by atoms with Crippen molar-refractivity contribution in [2.75, 3.05) is 6.61 Å². The number of benzene rings is 2. The molecule has 2 aliphatic rings. The van der Waals surface area contributed by atoms with Crippen LogP contribution in [0, 0.1) is 0 Å². The second-order valence-electron chi connectivity index (χ2n) is 11.5. The van der Waals surface area contributed by atoms with Gasteiger partial charge < -0.3 is 43.0 Å². The molecule has 54 heavy (non-hydrogen) atoms. The minimum absolute atomic E-state index is 0.0140. The number of carbonyl (C=O) groups is 8. The molecule has 294 valence electrons. The Labute approximate surface area is 311 Å². The molecule has 0 saturated carbocycles. The molecule has 4 unspecified atom stereocenters. The van der Waals surface area contributed by atoms with Crippen LogP contribution in [0.25, 0.3) is 0 Å². The number of aliphatic hydroxyl groups is 1. The average Bonchev–Trinajstić information content (AvgIpc) is 3.65. The van der Waals surface area contributed by atoms with Crippen LogP contribution in [0.5, 0.6) is 0 Å².